The number of nitrogens with zero attached hydrogens (tertiary/aromatic N) is 2. The molecule has 6 heteroatoms. The summed E-state index contributed by atoms with van der Waals surface area (Å²) in [4.78, 5) is 2.17. The van der Waals surface area contributed by atoms with Gasteiger partial charge in [0.15, 0.2) is 5.84 Å². The van der Waals surface area contributed by atoms with Crippen LogP contribution in [-0.4, -0.2) is 40.2 Å². The number of benzene rings is 1. The first kappa shape index (κ1) is 14.3. The molecule has 3 atom stereocenters. The van der Waals surface area contributed by atoms with Crippen LogP contribution >= 0.6 is 0 Å². The molecule has 2 aliphatic rings. The highest BCUT2D eigenvalue weighted by molar-refractivity contribution is 5.97. The van der Waals surface area contributed by atoms with Crippen molar-refractivity contribution in [1.29, 1.82) is 0 Å². The third-order valence-electron chi connectivity index (χ3n) is 4.75. The molecule has 2 fully saturated rings. The third-order valence-corrected chi connectivity index (χ3v) is 4.75. The van der Waals surface area contributed by atoms with Crippen LogP contribution in [0.2, 0.25) is 0 Å². The molecule has 1 aromatic rings. The summed E-state index contributed by atoms with van der Waals surface area (Å²) < 4.78 is 14.4. The van der Waals surface area contributed by atoms with Gasteiger partial charge in [-0.1, -0.05) is 17.3 Å². The van der Waals surface area contributed by atoms with E-state index >= 15 is 0 Å². The zero-order valence-electron chi connectivity index (χ0n) is 11.7. The number of nitrogens with two attached hydrogens (primary N) is 1. The maximum Gasteiger partial charge on any atom is 0.173 e. The minimum atomic E-state index is -0.439. The topological polar surface area (TPSA) is 82.1 Å². The molecular formula is C15H20FN3O2. The van der Waals surface area contributed by atoms with Gasteiger partial charge in [-0.2, -0.15) is 0 Å². The SMILES string of the molecule is N/C(=N/O)c1cccc(CN2CC3CCC(O)C3C2)c1F. The van der Waals surface area contributed by atoms with Crippen LogP contribution in [0.3, 0.4) is 0 Å². The molecule has 0 spiro atoms. The van der Waals surface area contributed by atoms with Gasteiger partial charge in [0, 0.05) is 31.1 Å². The summed E-state index contributed by atoms with van der Waals surface area (Å²) in [6, 6.07) is 4.92. The second kappa shape index (κ2) is 5.61. The standard InChI is InChI=1S/C15H20FN3O2/c16-14-10(2-1-3-11(14)15(17)18-21)7-19-6-9-4-5-13(20)12(9)8-19/h1-3,9,12-13,20-21H,4-8H2,(H2,17,18). The van der Waals surface area contributed by atoms with E-state index in [0.29, 0.717) is 23.9 Å². The van der Waals surface area contributed by atoms with E-state index < -0.39 is 5.82 Å². The van der Waals surface area contributed by atoms with E-state index in [2.05, 4.69) is 10.1 Å². The molecule has 0 radical (unpaired) electrons. The molecule has 3 rings (SSSR count). The molecule has 1 aliphatic carbocycles. The van der Waals surface area contributed by atoms with Crippen LogP contribution in [-0.2, 0) is 6.54 Å². The van der Waals surface area contributed by atoms with E-state index in [1.807, 2.05) is 0 Å². The Morgan fingerprint density at radius 1 is 1.38 bits per heavy atom. The zero-order chi connectivity index (χ0) is 15.0. The summed E-state index contributed by atoms with van der Waals surface area (Å²) in [5.41, 5.74) is 6.13. The molecule has 1 aromatic carbocycles. The van der Waals surface area contributed by atoms with Crippen molar-refractivity contribution in [3.05, 3.63) is 35.1 Å². The van der Waals surface area contributed by atoms with Crippen molar-refractivity contribution in [3.8, 4) is 0 Å². The first-order chi connectivity index (χ1) is 10.1. The van der Waals surface area contributed by atoms with Crippen molar-refractivity contribution in [1.82, 2.24) is 4.90 Å². The first-order valence-corrected chi connectivity index (χ1v) is 7.26. The van der Waals surface area contributed by atoms with Crippen molar-refractivity contribution < 1.29 is 14.7 Å². The van der Waals surface area contributed by atoms with Gasteiger partial charge < -0.3 is 16.0 Å². The highest BCUT2D eigenvalue weighted by Crippen LogP contribution is 2.38. The van der Waals surface area contributed by atoms with Gasteiger partial charge in [0.05, 0.1) is 11.7 Å². The van der Waals surface area contributed by atoms with Gasteiger partial charge in [-0.15, -0.1) is 0 Å². The van der Waals surface area contributed by atoms with Crippen LogP contribution in [0, 0.1) is 17.7 Å². The Bertz CT molecular complexity index is 564. The van der Waals surface area contributed by atoms with Gasteiger partial charge in [0.25, 0.3) is 0 Å². The monoisotopic (exact) mass is 293 g/mol. The zero-order valence-corrected chi connectivity index (χ0v) is 11.7. The van der Waals surface area contributed by atoms with Crippen LogP contribution in [0.4, 0.5) is 4.39 Å². The molecule has 1 saturated carbocycles. The van der Waals surface area contributed by atoms with Crippen molar-refractivity contribution in [2.45, 2.75) is 25.5 Å². The normalized spacial score (nSPS) is 29.8. The van der Waals surface area contributed by atoms with E-state index in [4.69, 9.17) is 10.9 Å². The molecule has 0 amide bonds. The second-order valence-corrected chi connectivity index (χ2v) is 6.03. The van der Waals surface area contributed by atoms with E-state index in [-0.39, 0.29) is 17.5 Å². The lowest BCUT2D eigenvalue weighted by atomic mass is 10.00. The average molecular weight is 293 g/mol. The number of hydrogen-bond donors (Lipinski definition) is 3. The van der Waals surface area contributed by atoms with E-state index in [1.165, 1.54) is 6.07 Å². The molecule has 0 aromatic heterocycles. The number of amidine groups is 1. The van der Waals surface area contributed by atoms with Crippen LogP contribution in [0.25, 0.3) is 0 Å². The molecule has 4 N–H and O–H groups in total. The highest BCUT2D eigenvalue weighted by atomic mass is 19.1. The quantitative estimate of drug-likeness (QED) is 0.338. The number of halogens is 1. The summed E-state index contributed by atoms with van der Waals surface area (Å²) in [5.74, 6) is 0.184. The maximum absolute atomic E-state index is 14.4. The van der Waals surface area contributed by atoms with Gasteiger partial charge in [-0.05, 0) is 24.8 Å². The number of rotatable bonds is 3. The molecule has 21 heavy (non-hydrogen) atoms. The Kier molecular flexibility index (Phi) is 3.82. The Balaban J connectivity index is 1.74. The molecule has 1 saturated heterocycles. The first-order valence-electron chi connectivity index (χ1n) is 7.26. The van der Waals surface area contributed by atoms with E-state index in [1.54, 1.807) is 12.1 Å². The van der Waals surface area contributed by atoms with E-state index in [0.717, 1.165) is 25.9 Å². The predicted molar refractivity (Wildman–Crippen MR) is 76.4 cm³/mol. The fourth-order valence-electron chi connectivity index (χ4n) is 3.65. The van der Waals surface area contributed by atoms with Gasteiger partial charge in [-0.3, -0.25) is 4.90 Å². The number of aliphatic hydroxyl groups is 1. The molecular weight excluding hydrogens is 273 g/mol. The molecule has 5 nitrogen and oxygen atoms in total. The molecule has 1 heterocycles. The second-order valence-electron chi connectivity index (χ2n) is 6.03. The minimum absolute atomic E-state index is 0.120. The van der Waals surface area contributed by atoms with Crippen molar-refractivity contribution in [3.63, 3.8) is 0 Å². The fourth-order valence-corrected chi connectivity index (χ4v) is 3.65. The van der Waals surface area contributed by atoms with Crippen LogP contribution < -0.4 is 5.73 Å². The Hall–Kier alpha value is -1.66. The summed E-state index contributed by atoms with van der Waals surface area (Å²) in [6.07, 6.45) is 1.72. The molecule has 114 valence electrons. The van der Waals surface area contributed by atoms with Gasteiger partial charge in [0.1, 0.15) is 5.82 Å². The highest BCUT2D eigenvalue weighted by Gasteiger charge is 2.41. The summed E-state index contributed by atoms with van der Waals surface area (Å²) in [7, 11) is 0. The Labute approximate surface area is 122 Å². The minimum Gasteiger partial charge on any atom is -0.409 e. The smallest absolute Gasteiger partial charge is 0.173 e. The lowest BCUT2D eigenvalue weighted by molar-refractivity contribution is 0.123. The number of oxime groups is 1. The van der Waals surface area contributed by atoms with Crippen LogP contribution in [0.15, 0.2) is 23.4 Å². The largest absolute Gasteiger partial charge is 0.409 e. The molecule has 3 unspecified atom stereocenters. The maximum atomic E-state index is 14.4. The fraction of sp³-hybridized carbons (Fsp3) is 0.533. The van der Waals surface area contributed by atoms with Gasteiger partial charge in [-0.25, -0.2) is 4.39 Å². The van der Waals surface area contributed by atoms with Crippen molar-refractivity contribution >= 4 is 5.84 Å². The number of fused-ring (bicyclic) bond motifs is 1. The van der Waals surface area contributed by atoms with Crippen LogP contribution in [0.1, 0.15) is 24.0 Å². The summed E-state index contributed by atoms with van der Waals surface area (Å²) >= 11 is 0. The van der Waals surface area contributed by atoms with Crippen molar-refractivity contribution in [2.24, 2.45) is 22.7 Å². The van der Waals surface area contributed by atoms with Crippen molar-refractivity contribution in [2.75, 3.05) is 13.1 Å². The lowest BCUT2D eigenvalue weighted by Crippen LogP contribution is -2.25. The predicted octanol–water partition coefficient (Wildman–Crippen LogP) is 1.12. The Morgan fingerprint density at radius 3 is 2.90 bits per heavy atom. The number of hydrogen-bond acceptors (Lipinski definition) is 4. The summed E-state index contributed by atoms with van der Waals surface area (Å²) in [5, 5.41) is 21.5. The number of aliphatic hydroxyl groups excluding tert-OH is 1. The molecule has 1 aliphatic heterocycles. The van der Waals surface area contributed by atoms with Crippen LogP contribution in [0.5, 0.6) is 0 Å². The third kappa shape index (κ3) is 2.61. The summed E-state index contributed by atoms with van der Waals surface area (Å²) in [6.45, 7) is 2.19. The number of likely N-dealkylation sites (tertiary alicyclic amines) is 1. The van der Waals surface area contributed by atoms with Gasteiger partial charge in [0.2, 0.25) is 0 Å². The van der Waals surface area contributed by atoms with Gasteiger partial charge >= 0.3 is 0 Å². The lowest BCUT2D eigenvalue weighted by Gasteiger charge is -2.19. The average Bonchev–Trinajstić information content (AvgIpc) is 3.02. The Morgan fingerprint density at radius 2 is 2.19 bits per heavy atom. The van der Waals surface area contributed by atoms with E-state index in [9.17, 15) is 9.50 Å². The molecule has 0 bridgehead atoms.